The Morgan fingerprint density at radius 2 is 2.32 bits per heavy atom. The van der Waals surface area contributed by atoms with Crippen molar-refractivity contribution in [2.24, 2.45) is 5.41 Å². The second-order valence-electron chi connectivity index (χ2n) is 5.16. The largest absolute Gasteiger partial charge is 0.481 e. The summed E-state index contributed by atoms with van der Waals surface area (Å²) < 4.78 is 0. The molecular weight excluding hydrogens is 286 g/mol. The van der Waals surface area contributed by atoms with E-state index in [1.807, 2.05) is 11.4 Å². The van der Waals surface area contributed by atoms with E-state index in [-0.39, 0.29) is 5.91 Å². The number of thiophene rings is 1. The number of hydrogen-bond acceptors (Lipinski definition) is 3. The van der Waals surface area contributed by atoms with Crippen LogP contribution in [0.5, 0.6) is 0 Å². The Bertz CT molecular complexity index is 502. The summed E-state index contributed by atoms with van der Waals surface area (Å²) in [5.74, 6) is -0.803. The van der Waals surface area contributed by atoms with E-state index in [1.54, 1.807) is 23.2 Å². The van der Waals surface area contributed by atoms with E-state index in [0.29, 0.717) is 37.4 Å². The number of halogens is 1. The van der Waals surface area contributed by atoms with Crippen LogP contribution in [0, 0.1) is 5.41 Å². The van der Waals surface area contributed by atoms with Crippen LogP contribution in [-0.2, 0) is 16.0 Å². The fraction of sp³-hybridized carbons (Fsp3) is 0.538. The Balaban J connectivity index is 1.86. The number of aliphatic carboxylic acids is 1. The third-order valence-electron chi connectivity index (χ3n) is 3.55. The molecular formula is C13H16ClNO3S. The predicted octanol–water partition coefficient (Wildman–Crippen LogP) is 2.66. The van der Waals surface area contributed by atoms with Crippen molar-refractivity contribution in [1.82, 2.24) is 4.90 Å². The van der Waals surface area contributed by atoms with Crippen LogP contribution >= 0.6 is 22.9 Å². The first-order valence-corrected chi connectivity index (χ1v) is 7.40. The van der Waals surface area contributed by atoms with Crippen molar-refractivity contribution >= 4 is 34.8 Å². The molecule has 2 heterocycles. The van der Waals surface area contributed by atoms with Crippen molar-refractivity contribution in [3.05, 3.63) is 21.3 Å². The van der Waals surface area contributed by atoms with Gasteiger partial charge in [0.2, 0.25) is 5.91 Å². The van der Waals surface area contributed by atoms with Crippen molar-refractivity contribution in [1.29, 1.82) is 0 Å². The molecule has 104 valence electrons. The highest BCUT2D eigenvalue weighted by molar-refractivity contribution is 7.10. The highest BCUT2D eigenvalue weighted by Gasteiger charge is 2.41. The minimum absolute atomic E-state index is 0.0227. The second kappa shape index (κ2) is 5.51. The number of rotatable bonds is 4. The first kappa shape index (κ1) is 14.3. The van der Waals surface area contributed by atoms with Gasteiger partial charge in [-0.3, -0.25) is 9.59 Å². The molecule has 1 aliphatic heterocycles. The number of carbonyl (C=O) groups excluding carboxylic acids is 1. The number of nitrogens with zero attached hydrogens (tertiary/aromatic N) is 1. The summed E-state index contributed by atoms with van der Waals surface area (Å²) in [4.78, 5) is 25.9. The molecule has 1 aliphatic rings. The fourth-order valence-corrected chi connectivity index (χ4v) is 3.30. The van der Waals surface area contributed by atoms with Crippen LogP contribution in [0.2, 0.25) is 5.02 Å². The highest BCUT2D eigenvalue weighted by atomic mass is 35.5. The van der Waals surface area contributed by atoms with E-state index in [2.05, 4.69) is 0 Å². The molecule has 0 bridgehead atoms. The molecule has 1 saturated heterocycles. The fourth-order valence-electron chi connectivity index (χ4n) is 2.22. The molecule has 1 aromatic heterocycles. The number of amides is 1. The third kappa shape index (κ3) is 3.28. The maximum absolute atomic E-state index is 12.0. The van der Waals surface area contributed by atoms with Crippen molar-refractivity contribution in [3.8, 4) is 0 Å². The van der Waals surface area contributed by atoms with Gasteiger partial charge < -0.3 is 10.0 Å². The van der Waals surface area contributed by atoms with Crippen molar-refractivity contribution in [2.45, 2.75) is 26.2 Å². The first-order valence-electron chi connectivity index (χ1n) is 6.15. The minimum Gasteiger partial charge on any atom is -0.481 e. The summed E-state index contributed by atoms with van der Waals surface area (Å²) in [7, 11) is 0. The van der Waals surface area contributed by atoms with Gasteiger partial charge >= 0.3 is 5.97 Å². The summed E-state index contributed by atoms with van der Waals surface area (Å²) in [6.07, 6.45) is 1.60. The molecule has 0 saturated carbocycles. The molecule has 1 atom stereocenters. The Labute approximate surface area is 121 Å². The molecule has 0 spiro atoms. The van der Waals surface area contributed by atoms with E-state index in [1.165, 1.54) is 0 Å². The molecule has 0 unspecified atom stereocenters. The van der Waals surface area contributed by atoms with Crippen molar-refractivity contribution in [2.75, 3.05) is 13.1 Å². The lowest BCUT2D eigenvalue weighted by molar-refractivity contribution is -0.147. The van der Waals surface area contributed by atoms with Crippen LogP contribution < -0.4 is 0 Å². The molecule has 1 amide bonds. The van der Waals surface area contributed by atoms with Crippen molar-refractivity contribution < 1.29 is 14.7 Å². The Morgan fingerprint density at radius 1 is 1.58 bits per heavy atom. The summed E-state index contributed by atoms with van der Waals surface area (Å²) in [6, 6.07) is 1.87. The number of hydrogen-bond donors (Lipinski definition) is 1. The van der Waals surface area contributed by atoms with E-state index >= 15 is 0 Å². The lowest BCUT2D eigenvalue weighted by Gasteiger charge is -2.20. The molecule has 19 heavy (non-hydrogen) atoms. The van der Waals surface area contributed by atoms with E-state index in [9.17, 15) is 9.59 Å². The topological polar surface area (TPSA) is 57.6 Å². The van der Waals surface area contributed by atoms with Gasteiger partial charge in [-0.15, -0.1) is 11.3 Å². The van der Waals surface area contributed by atoms with Gasteiger partial charge in [0, 0.05) is 29.8 Å². The molecule has 1 aromatic rings. The maximum Gasteiger partial charge on any atom is 0.311 e. The number of carboxylic acids is 1. The van der Waals surface area contributed by atoms with Gasteiger partial charge in [0.15, 0.2) is 0 Å². The molecule has 1 fully saturated rings. The van der Waals surface area contributed by atoms with Gasteiger partial charge in [-0.1, -0.05) is 11.6 Å². The van der Waals surface area contributed by atoms with Crippen LogP contribution in [0.15, 0.2) is 11.4 Å². The van der Waals surface area contributed by atoms with E-state index < -0.39 is 11.4 Å². The van der Waals surface area contributed by atoms with E-state index in [4.69, 9.17) is 16.7 Å². The Hall–Kier alpha value is -1.07. The first-order chi connectivity index (χ1) is 8.90. The molecule has 0 aliphatic carbocycles. The second-order valence-corrected chi connectivity index (χ2v) is 6.59. The minimum atomic E-state index is -0.826. The standard InChI is InChI=1S/C13H16ClNO3S/c1-13(12(17)18)4-5-15(8-13)11(16)3-2-10-6-9(14)7-19-10/h6-7H,2-5,8H2,1H3,(H,17,18)/t13-/m0/s1. The Kier molecular flexibility index (Phi) is 4.16. The average Bonchev–Trinajstić information content (AvgIpc) is 2.94. The quantitative estimate of drug-likeness (QED) is 0.930. The molecule has 4 nitrogen and oxygen atoms in total. The summed E-state index contributed by atoms with van der Waals surface area (Å²) in [5, 5.41) is 11.7. The van der Waals surface area contributed by atoms with Crippen LogP contribution in [0.1, 0.15) is 24.6 Å². The van der Waals surface area contributed by atoms with Crippen LogP contribution in [0.4, 0.5) is 0 Å². The van der Waals surface area contributed by atoms with Gasteiger partial charge in [0.1, 0.15) is 0 Å². The van der Waals surface area contributed by atoms with Gasteiger partial charge in [-0.2, -0.15) is 0 Å². The van der Waals surface area contributed by atoms with Crippen LogP contribution in [0.25, 0.3) is 0 Å². The number of aryl methyl sites for hydroxylation is 1. The van der Waals surface area contributed by atoms with Crippen molar-refractivity contribution in [3.63, 3.8) is 0 Å². The highest BCUT2D eigenvalue weighted by Crippen LogP contribution is 2.30. The van der Waals surface area contributed by atoms with Gasteiger partial charge in [-0.05, 0) is 25.8 Å². The summed E-state index contributed by atoms with van der Waals surface area (Å²) in [5.41, 5.74) is -0.790. The Morgan fingerprint density at radius 3 is 2.84 bits per heavy atom. The van der Waals surface area contributed by atoms with Crippen LogP contribution in [0.3, 0.4) is 0 Å². The maximum atomic E-state index is 12.0. The molecule has 0 radical (unpaired) electrons. The van der Waals surface area contributed by atoms with E-state index in [0.717, 1.165) is 4.88 Å². The molecule has 2 rings (SSSR count). The monoisotopic (exact) mass is 301 g/mol. The number of carbonyl (C=O) groups is 2. The van der Waals surface area contributed by atoms with Gasteiger partial charge in [0.05, 0.1) is 10.4 Å². The zero-order valence-corrected chi connectivity index (χ0v) is 12.3. The predicted molar refractivity (Wildman–Crippen MR) is 74.6 cm³/mol. The zero-order valence-electron chi connectivity index (χ0n) is 10.7. The summed E-state index contributed by atoms with van der Waals surface area (Å²) in [6.45, 7) is 2.54. The van der Waals surface area contributed by atoms with Crippen LogP contribution in [-0.4, -0.2) is 35.0 Å². The normalized spacial score (nSPS) is 22.7. The molecule has 1 N–H and O–H groups in total. The SMILES string of the molecule is C[C@]1(C(=O)O)CCN(C(=O)CCc2cc(Cl)cs2)C1. The number of carboxylic acid groups (broad SMARTS) is 1. The molecule has 6 heteroatoms. The van der Waals surface area contributed by atoms with Gasteiger partial charge in [-0.25, -0.2) is 0 Å². The smallest absolute Gasteiger partial charge is 0.311 e. The summed E-state index contributed by atoms with van der Waals surface area (Å²) >= 11 is 7.37. The lowest BCUT2D eigenvalue weighted by Crippen LogP contribution is -2.34. The zero-order chi connectivity index (χ0) is 14.0. The third-order valence-corrected chi connectivity index (χ3v) is 4.89. The number of likely N-dealkylation sites (tertiary alicyclic amines) is 1. The molecule has 0 aromatic carbocycles. The lowest BCUT2D eigenvalue weighted by atomic mass is 9.90. The van der Waals surface area contributed by atoms with Gasteiger partial charge in [0.25, 0.3) is 0 Å². The average molecular weight is 302 g/mol.